The number of benzene rings is 1. The summed E-state index contributed by atoms with van der Waals surface area (Å²) in [5, 5.41) is 2.51. The number of carbonyl (C=O) groups excluding carboxylic acids is 3. The van der Waals surface area contributed by atoms with Crippen LogP contribution in [0, 0.1) is 0 Å². The van der Waals surface area contributed by atoms with Crippen molar-refractivity contribution in [1.82, 2.24) is 10.2 Å². The Kier molecular flexibility index (Phi) is 31.4. The molecule has 0 saturated carbocycles. The molecule has 0 atom stereocenters. The van der Waals surface area contributed by atoms with E-state index in [2.05, 4.69) is 19.2 Å². The van der Waals surface area contributed by atoms with E-state index in [1.165, 1.54) is 159 Å². The molecule has 0 saturated heterocycles. The summed E-state index contributed by atoms with van der Waals surface area (Å²) in [6.07, 6.45) is 38.9. The minimum Gasteiger partial charge on any atom is -0.278 e. The van der Waals surface area contributed by atoms with E-state index in [0.29, 0.717) is 12.8 Å². The molecule has 1 rings (SSSR count). The number of hydrogen-bond donors (Lipinski definition) is 1. The van der Waals surface area contributed by atoms with Gasteiger partial charge in [0, 0.05) is 12.8 Å². The maximum atomic E-state index is 13.2. The molecule has 0 aromatic heterocycles. The van der Waals surface area contributed by atoms with E-state index in [1.807, 2.05) is 30.3 Å². The first-order valence-electron chi connectivity index (χ1n) is 21.3. The van der Waals surface area contributed by atoms with Crippen LogP contribution in [0.4, 0.5) is 4.79 Å². The van der Waals surface area contributed by atoms with Crippen LogP contribution in [0.25, 0.3) is 0 Å². The SMILES string of the molecule is CCCCCCCCCCCCCCCCCC(=O)NC(=O)N(Cc1ccccc1)C(=O)CCCCCCCCCCCCCCCCC. The van der Waals surface area contributed by atoms with Gasteiger partial charge in [0.2, 0.25) is 11.8 Å². The van der Waals surface area contributed by atoms with Gasteiger partial charge >= 0.3 is 6.03 Å². The van der Waals surface area contributed by atoms with Gasteiger partial charge < -0.3 is 0 Å². The minimum atomic E-state index is -0.583. The van der Waals surface area contributed by atoms with Gasteiger partial charge in [0.15, 0.2) is 0 Å². The van der Waals surface area contributed by atoms with Crippen molar-refractivity contribution in [2.45, 2.75) is 226 Å². The Labute approximate surface area is 303 Å². The number of carbonyl (C=O) groups is 3. The summed E-state index contributed by atoms with van der Waals surface area (Å²) in [6.45, 7) is 4.73. The molecule has 282 valence electrons. The molecular formula is C44H78N2O3. The van der Waals surface area contributed by atoms with Crippen molar-refractivity contribution in [1.29, 1.82) is 0 Å². The van der Waals surface area contributed by atoms with Crippen LogP contribution < -0.4 is 5.32 Å². The number of amides is 4. The summed E-state index contributed by atoms with van der Waals surface area (Å²) in [5.74, 6) is -0.478. The fourth-order valence-electron chi connectivity index (χ4n) is 6.73. The first-order valence-corrected chi connectivity index (χ1v) is 21.3. The third-order valence-corrected chi connectivity index (χ3v) is 9.98. The average molecular weight is 683 g/mol. The molecule has 1 aromatic carbocycles. The van der Waals surface area contributed by atoms with Crippen molar-refractivity contribution in [2.24, 2.45) is 0 Å². The molecule has 1 aromatic rings. The van der Waals surface area contributed by atoms with E-state index < -0.39 is 6.03 Å². The van der Waals surface area contributed by atoms with E-state index in [9.17, 15) is 14.4 Å². The lowest BCUT2D eigenvalue weighted by molar-refractivity contribution is -0.129. The fourth-order valence-corrected chi connectivity index (χ4v) is 6.73. The van der Waals surface area contributed by atoms with Crippen molar-refractivity contribution in [3.05, 3.63) is 35.9 Å². The number of unbranched alkanes of at least 4 members (excludes halogenated alkanes) is 28. The highest BCUT2D eigenvalue weighted by Gasteiger charge is 2.23. The van der Waals surface area contributed by atoms with E-state index in [4.69, 9.17) is 0 Å². The van der Waals surface area contributed by atoms with Gasteiger partial charge in [0.1, 0.15) is 0 Å². The molecule has 0 aliphatic carbocycles. The minimum absolute atomic E-state index is 0.191. The molecule has 0 aliphatic heterocycles. The molecule has 1 N–H and O–H groups in total. The Morgan fingerprint density at radius 3 is 1.14 bits per heavy atom. The van der Waals surface area contributed by atoms with Gasteiger partial charge in [-0.15, -0.1) is 0 Å². The number of nitrogens with zero attached hydrogens (tertiary/aromatic N) is 1. The normalized spacial score (nSPS) is 11.1. The second-order valence-corrected chi connectivity index (χ2v) is 14.7. The summed E-state index contributed by atoms with van der Waals surface area (Å²) >= 11 is 0. The number of rotatable bonds is 34. The molecule has 49 heavy (non-hydrogen) atoms. The topological polar surface area (TPSA) is 66.5 Å². The van der Waals surface area contributed by atoms with E-state index in [1.54, 1.807) is 0 Å². The smallest absolute Gasteiger partial charge is 0.278 e. The van der Waals surface area contributed by atoms with Crippen LogP contribution in [0.1, 0.15) is 225 Å². The Hall–Kier alpha value is -2.17. The predicted octanol–water partition coefficient (Wildman–Crippen LogP) is 13.8. The first-order chi connectivity index (χ1) is 24.1. The molecule has 0 fully saturated rings. The van der Waals surface area contributed by atoms with Gasteiger partial charge in [-0.3, -0.25) is 19.8 Å². The fraction of sp³-hybridized carbons (Fsp3) is 0.795. The lowest BCUT2D eigenvalue weighted by Crippen LogP contribution is -2.45. The molecule has 0 aliphatic rings. The molecule has 4 amide bonds. The largest absolute Gasteiger partial charge is 0.331 e. The highest BCUT2D eigenvalue weighted by Crippen LogP contribution is 2.16. The van der Waals surface area contributed by atoms with Crippen molar-refractivity contribution >= 4 is 17.8 Å². The lowest BCUT2D eigenvalue weighted by atomic mass is 10.0. The standard InChI is InChI=1S/C44H78N2O3/c1-3-5-7-9-11-13-15-17-19-21-23-25-27-29-34-38-42(47)45-44(49)46(40-41-36-32-31-33-37-41)43(48)39-35-30-28-26-24-22-20-18-16-14-12-10-8-6-4-2/h31-33,36-37H,3-30,34-35,38-40H2,1-2H3,(H,45,47,49). The molecule has 0 spiro atoms. The monoisotopic (exact) mass is 683 g/mol. The van der Waals surface area contributed by atoms with Gasteiger partial charge in [-0.1, -0.05) is 224 Å². The quantitative estimate of drug-likeness (QED) is 0.0736. The third-order valence-electron chi connectivity index (χ3n) is 9.98. The predicted molar refractivity (Wildman–Crippen MR) is 210 cm³/mol. The van der Waals surface area contributed by atoms with E-state index >= 15 is 0 Å². The van der Waals surface area contributed by atoms with Crippen LogP contribution in [0.2, 0.25) is 0 Å². The number of nitrogens with one attached hydrogen (secondary N) is 1. The lowest BCUT2D eigenvalue weighted by Gasteiger charge is -2.21. The van der Waals surface area contributed by atoms with Crippen LogP contribution >= 0.6 is 0 Å². The second kappa shape index (κ2) is 34.3. The first kappa shape index (κ1) is 44.9. The van der Waals surface area contributed by atoms with Crippen LogP contribution in [0.15, 0.2) is 30.3 Å². The Morgan fingerprint density at radius 1 is 0.449 bits per heavy atom. The number of urea groups is 1. The maximum absolute atomic E-state index is 13.2. The zero-order valence-electron chi connectivity index (χ0n) is 32.4. The molecule has 5 nitrogen and oxygen atoms in total. The Bertz CT molecular complexity index is 903. The summed E-state index contributed by atoms with van der Waals surface area (Å²) in [7, 11) is 0. The van der Waals surface area contributed by atoms with E-state index in [0.717, 1.165) is 44.1 Å². The molecular weight excluding hydrogens is 604 g/mol. The number of imide groups is 2. The van der Waals surface area contributed by atoms with Crippen LogP contribution in [0.5, 0.6) is 0 Å². The summed E-state index contributed by atoms with van der Waals surface area (Å²) < 4.78 is 0. The van der Waals surface area contributed by atoms with Crippen LogP contribution in [0.3, 0.4) is 0 Å². The zero-order chi connectivity index (χ0) is 35.5. The van der Waals surface area contributed by atoms with Crippen molar-refractivity contribution in [3.8, 4) is 0 Å². The molecule has 5 heteroatoms. The molecule has 0 radical (unpaired) electrons. The van der Waals surface area contributed by atoms with Gasteiger partial charge in [-0.2, -0.15) is 0 Å². The highest BCUT2D eigenvalue weighted by atomic mass is 16.2. The van der Waals surface area contributed by atoms with Gasteiger partial charge in [-0.25, -0.2) is 4.79 Å². The number of hydrogen-bond acceptors (Lipinski definition) is 3. The zero-order valence-corrected chi connectivity index (χ0v) is 32.4. The molecule has 0 heterocycles. The summed E-state index contributed by atoms with van der Waals surface area (Å²) in [4.78, 5) is 40.1. The Balaban J connectivity index is 2.18. The van der Waals surface area contributed by atoms with Crippen molar-refractivity contribution < 1.29 is 14.4 Å². The summed E-state index contributed by atoms with van der Waals surface area (Å²) in [6, 6.07) is 8.99. The highest BCUT2D eigenvalue weighted by molar-refractivity contribution is 6.02. The van der Waals surface area contributed by atoms with Gasteiger partial charge in [0.05, 0.1) is 6.54 Å². The molecule has 0 bridgehead atoms. The van der Waals surface area contributed by atoms with Gasteiger partial charge in [-0.05, 0) is 18.4 Å². The third kappa shape index (κ3) is 28.2. The van der Waals surface area contributed by atoms with Crippen LogP contribution in [-0.4, -0.2) is 22.7 Å². The van der Waals surface area contributed by atoms with Crippen molar-refractivity contribution in [2.75, 3.05) is 0 Å². The van der Waals surface area contributed by atoms with Crippen molar-refractivity contribution in [3.63, 3.8) is 0 Å². The second-order valence-electron chi connectivity index (χ2n) is 14.7. The van der Waals surface area contributed by atoms with Crippen LogP contribution in [-0.2, 0) is 16.1 Å². The maximum Gasteiger partial charge on any atom is 0.331 e. The van der Waals surface area contributed by atoms with Gasteiger partial charge in [0.25, 0.3) is 0 Å². The summed E-state index contributed by atoms with van der Waals surface area (Å²) in [5.41, 5.74) is 0.886. The molecule has 0 unspecified atom stereocenters. The Morgan fingerprint density at radius 2 is 0.776 bits per heavy atom. The van der Waals surface area contributed by atoms with E-state index in [-0.39, 0.29) is 18.4 Å². The average Bonchev–Trinajstić information content (AvgIpc) is 3.10.